The molecule has 1 aliphatic rings. The van der Waals surface area contributed by atoms with Crippen LogP contribution in [0.15, 0.2) is 77.8 Å². The minimum atomic E-state index is -4.04. The third-order valence-electron chi connectivity index (χ3n) is 6.79. The summed E-state index contributed by atoms with van der Waals surface area (Å²) in [5.74, 6) is 0.239. The van der Waals surface area contributed by atoms with Gasteiger partial charge in [0.25, 0.3) is 5.91 Å². The Bertz CT molecular complexity index is 1360. The monoisotopic (exact) mass is 569 g/mol. The number of hydrogen-bond acceptors (Lipinski definition) is 8. The van der Waals surface area contributed by atoms with Crippen LogP contribution in [0.5, 0.6) is 11.6 Å². The highest BCUT2D eigenvalue weighted by Crippen LogP contribution is 2.24. The molecule has 1 aliphatic heterocycles. The summed E-state index contributed by atoms with van der Waals surface area (Å²) in [4.78, 5) is 17.3. The molecule has 1 saturated heterocycles. The smallest absolute Gasteiger partial charge is 0.251 e. The lowest BCUT2D eigenvalue weighted by Crippen LogP contribution is -2.51. The van der Waals surface area contributed by atoms with Gasteiger partial charge in [-0.1, -0.05) is 36.4 Å². The van der Waals surface area contributed by atoms with Gasteiger partial charge in [-0.25, -0.2) is 13.4 Å². The number of hydrogen-bond donors (Lipinski definition) is 2. The zero-order valence-electron chi connectivity index (χ0n) is 22.6. The molecular formula is C29H35N3O7S. The fourth-order valence-electron chi connectivity index (χ4n) is 4.60. The maximum atomic E-state index is 13.8. The number of methoxy groups -OCH3 is 2. The second kappa shape index (κ2) is 13.7. The van der Waals surface area contributed by atoms with Crippen LogP contribution < -0.4 is 14.8 Å². The van der Waals surface area contributed by atoms with Crippen molar-refractivity contribution in [3.63, 3.8) is 0 Å². The third kappa shape index (κ3) is 7.57. The number of rotatable bonds is 13. The normalized spacial score (nSPS) is 16.9. The first-order valence-electron chi connectivity index (χ1n) is 13.1. The number of aromatic nitrogens is 1. The number of benzene rings is 2. The average Bonchev–Trinajstić information content (AvgIpc) is 3.50. The van der Waals surface area contributed by atoms with Crippen LogP contribution in [0.2, 0.25) is 0 Å². The van der Waals surface area contributed by atoms with E-state index >= 15 is 0 Å². The molecule has 2 N–H and O–H groups in total. The van der Waals surface area contributed by atoms with Crippen molar-refractivity contribution in [2.24, 2.45) is 0 Å². The Morgan fingerprint density at radius 3 is 2.62 bits per heavy atom. The number of ether oxygens (including phenoxy) is 3. The van der Waals surface area contributed by atoms with Gasteiger partial charge in [0, 0.05) is 43.6 Å². The molecule has 3 aromatic rings. The van der Waals surface area contributed by atoms with Crippen molar-refractivity contribution in [1.29, 1.82) is 0 Å². The van der Waals surface area contributed by atoms with Crippen molar-refractivity contribution >= 4 is 15.9 Å². The topological polar surface area (TPSA) is 127 Å². The summed E-state index contributed by atoms with van der Waals surface area (Å²) >= 11 is 0. The first kappa shape index (κ1) is 29.5. The van der Waals surface area contributed by atoms with Gasteiger partial charge in [-0.15, -0.1) is 0 Å². The Kier molecular flexibility index (Phi) is 10.1. The van der Waals surface area contributed by atoms with Crippen LogP contribution in [0.25, 0.3) is 0 Å². The Balaban J connectivity index is 1.61. The van der Waals surface area contributed by atoms with Crippen LogP contribution in [0.1, 0.15) is 28.8 Å². The van der Waals surface area contributed by atoms with Crippen molar-refractivity contribution in [3.05, 3.63) is 84.1 Å². The van der Waals surface area contributed by atoms with Gasteiger partial charge in [-0.05, 0) is 43.0 Å². The molecule has 10 nitrogen and oxygen atoms in total. The lowest BCUT2D eigenvalue weighted by molar-refractivity contribution is 0.0625. The van der Waals surface area contributed by atoms with Gasteiger partial charge < -0.3 is 24.6 Å². The number of amides is 1. The molecular weight excluding hydrogens is 534 g/mol. The van der Waals surface area contributed by atoms with Crippen LogP contribution in [0.3, 0.4) is 0 Å². The predicted molar refractivity (Wildman–Crippen MR) is 149 cm³/mol. The maximum Gasteiger partial charge on any atom is 0.251 e. The molecule has 40 heavy (non-hydrogen) atoms. The Morgan fingerprint density at radius 2 is 1.93 bits per heavy atom. The van der Waals surface area contributed by atoms with E-state index in [1.165, 1.54) is 42.9 Å². The SMILES string of the molecule is COc1cccc(S(=O)(=O)N(CC2CCCO2)CC(O)C(Cc2ccccc2)NC(=O)c2ccnc(OC)c2)c1. The Morgan fingerprint density at radius 1 is 1.12 bits per heavy atom. The molecule has 4 rings (SSSR count). The molecule has 0 saturated carbocycles. The Labute approximate surface area is 235 Å². The number of sulfonamides is 1. The molecule has 3 unspecified atom stereocenters. The van der Waals surface area contributed by atoms with Crippen LogP contribution in [0, 0.1) is 0 Å². The van der Waals surface area contributed by atoms with Crippen molar-refractivity contribution in [3.8, 4) is 11.6 Å². The van der Waals surface area contributed by atoms with E-state index < -0.39 is 28.1 Å². The number of aliphatic hydroxyl groups is 1. The van der Waals surface area contributed by atoms with E-state index in [9.17, 15) is 18.3 Å². The van der Waals surface area contributed by atoms with Crippen LogP contribution in [-0.4, -0.2) is 80.9 Å². The molecule has 1 fully saturated rings. The molecule has 3 atom stereocenters. The van der Waals surface area contributed by atoms with E-state index in [0.717, 1.165) is 12.0 Å². The minimum absolute atomic E-state index is 0.0459. The van der Waals surface area contributed by atoms with Crippen molar-refractivity contribution < 1.29 is 32.5 Å². The highest BCUT2D eigenvalue weighted by atomic mass is 32.2. The molecule has 0 radical (unpaired) electrons. The fourth-order valence-corrected chi connectivity index (χ4v) is 6.12. The molecule has 2 heterocycles. The highest BCUT2D eigenvalue weighted by molar-refractivity contribution is 7.89. The van der Waals surface area contributed by atoms with E-state index in [4.69, 9.17) is 14.2 Å². The average molecular weight is 570 g/mol. The molecule has 2 aromatic carbocycles. The van der Waals surface area contributed by atoms with Gasteiger partial charge in [0.1, 0.15) is 5.75 Å². The van der Waals surface area contributed by atoms with Gasteiger partial charge in [0.2, 0.25) is 15.9 Å². The van der Waals surface area contributed by atoms with Crippen molar-refractivity contribution in [2.75, 3.05) is 33.9 Å². The molecule has 1 amide bonds. The Hall–Kier alpha value is -3.51. The van der Waals surface area contributed by atoms with Crippen molar-refractivity contribution in [1.82, 2.24) is 14.6 Å². The largest absolute Gasteiger partial charge is 0.497 e. The number of carbonyl (C=O) groups is 1. The molecule has 0 spiro atoms. The summed E-state index contributed by atoms with van der Waals surface area (Å²) in [6, 6.07) is 17.8. The summed E-state index contributed by atoms with van der Waals surface area (Å²) in [6.07, 6.45) is 1.76. The zero-order valence-corrected chi connectivity index (χ0v) is 23.4. The van der Waals surface area contributed by atoms with E-state index in [0.29, 0.717) is 24.3 Å². The summed E-state index contributed by atoms with van der Waals surface area (Å²) < 4.78 is 45.0. The molecule has 1 aromatic heterocycles. The number of pyridine rings is 1. The number of nitrogens with one attached hydrogen (secondary N) is 1. The third-order valence-corrected chi connectivity index (χ3v) is 8.61. The summed E-state index contributed by atoms with van der Waals surface area (Å²) in [5, 5.41) is 14.4. The van der Waals surface area contributed by atoms with E-state index in [1.807, 2.05) is 30.3 Å². The van der Waals surface area contributed by atoms with Crippen LogP contribution >= 0.6 is 0 Å². The lowest BCUT2D eigenvalue weighted by Gasteiger charge is -2.31. The first-order valence-corrected chi connectivity index (χ1v) is 14.5. The van der Waals surface area contributed by atoms with Gasteiger partial charge in [0.15, 0.2) is 0 Å². The molecule has 214 valence electrons. The van der Waals surface area contributed by atoms with Gasteiger partial charge >= 0.3 is 0 Å². The number of nitrogens with zero attached hydrogens (tertiary/aromatic N) is 2. The van der Waals surface area contributed by atoms with Gasteiger partial charge in [-0.3, -0.25) is 4.79 Å². The summed E-state index contributed by atoms with van der Waals surface area (Å²) in [5.41, 5.74) is 1.18. The standard InChI is InChI=1S/C29H35N3O7S/c1-37-23-10-6-12-25(18-23)40(35,36)32(19-24-11-7-15-39-24)20-27(33)26(16-21-8-4-3-5-9-21)31-29(34)22-13-14-30-28(17-22)38-2/h3-6,8-10,12-14,17-18,24,26-27,33H,7,11,15-16,19-20H2,1-2H3,(H,31,34). The lowest BCUT2D eigenvalue weighted by atomic mass is 10.0. The van der Waals surface area contributed by atoms with E-state index in [-0.39, 0.29) is 36.4 Å². The van der Waals surface area contributed by atoms with Crippen LogP contribution in [0.4, 0.5) is 0 Å². The minimum Gasteiger partial charge on any atom is -0.497 e. The van der Waals surface area contributed by atoms with E-state index in [2.05, 4.69) is 10.3 Å². The zero-order chi connectivity index (χ0) is 28.5. The highest BCUT2D eigenvalue weighted by Gasteiger charge is 2.34. The van der Waals surface area contributed by atoms with Crippen LogP contribution in [-0.2, 0) is 21.2 Å². The molecule has 0 bridgehead atoms. The summed E-state index contributed by atoms with van der Waals surface area (Å²) in [6.45, 7) is 0.378. The quantitative estimate of drug-likeness (QED) is 0.322. The fraction of sp³-hybridized carbons (Fsp3) is 0.379. The second-order valence-electron chi connectivity index (χ2n) is 9.56. The number of aliphatic hydroxyl groups excluding tert-OH is 1. The van der Waals surface area contributed by atoms with Crippen molar-refractivity contribution in [2.45, 2.75) is 42.4 Å². The second-order valence-corrected chi connectivity index (χ2v) is 11.5. The van der Waals surface area contributed by atoms with E-state index in [1.54, 1.807) is 18.2 Å². The maximum absolute atomic E-state index is 13.8. The first-order chi connectivity index (χ1) is 19.3. The molecule has 0 aliphatic carbocycles. The van der Waals surface area contributed by atoms with Gasteiger partial charge in [-0.2, -0.15) is 4.31 Å². The summed E-state index contributed by atoms with van der Waals surface area (Å²) in [7, 11) is -1.11. The predicted octanol–water partition coefficient (Wildman–Crippen LogP) is 2.67. The molecule has 11 heteroatoms. The number of carbonyl (C=O) groups excluding carboxylic acids is 1. The van der Waals surface area contributed by atoms with Gasteiger partial charge in [0.05, 0.1) is 37.4 Å².